The van der Waals surface area contributed by atoms with Crippen molar-refractivity contribution < 1.29 is 14.4 Å². The lowest BCUT2D eigenvalue weighted by molar-refractivity contribution is -0.385. The van der Waals surface area contributed by atoms with Crippen LogP contribution >= 0.6 is 0 Å². The Morgan fingerprint density at radius 3 is 3.05 bits per heavy atom. The number of nitrogens with two attached hydrogens (primary N) is 1. The van der Waals surface area contributed by atoms with Gasteiger partial charge >= 0.3 is 5.69 Å². The molecule has 1 fully saturated rings. The number of hydrogen-bond acceptors (Lipinski definition) is 6. The van der Waals surface area contributed by atoms with Crippen molar-refractivity contribution in [3.63, 3.8) is 0 Å². The van der Waals surface area contributed by atoms with Crippen LogP contribution in [0.4, 0.5) is 5.69 Å². The maximum Gasteiger partial charge on any atom is 0.311 e. The molecule has 0 radical (unpaired) electrons. The smallest absolute Gasteiger partial charge is 0.311 e. The summed E-state index contributed by atoms with van der Waals surface area (Å²) in [6.07, 6.45) is 0.0389. The molecule has 2 rings (SSSR count). The Labute approximate surface area is 117 Å². The van der Waals surface area contributed by atoms with E-state index in [2.05, 4.69) is 4.90 Å². The molecule has 110 valence electrons. The van der Waals surface area contributed by atoms with Crippen LogP contribution in [0.15, 0.2) is 18.2 Å². The molecule has 0 aromatic heterocycles. The molecule has 20 heavy (non-hydrogen) atoms. The zero-order valence-corrected chi connectivity index (χ0v) is 11.4. The van der Waals surface area contributed by atoms with Gasteiger partial charge in [-0.25, -0.2) is 0 Å². The summed E-state index contributed by atoms with van der Waals surface area (Å²) in [5.74, 6) is 0.278. The van der Waals surface area contributed by atoms with E-state index in [1.807, 2.05) is 6.07 Å². The number of morpholine rings is 1. The number of hydrogen-bond donors (Lipinski definition) is 1. The highest BCUT2D eigenvalue weighted by atomic mass is 16.6. The molecule has 1 aromatic carbocycles. The fraction of sp³-hybridized carbons (Fsp3) is 0.538. The van der Waals surface area contributed by atoms with E-state index in [1.54, 1.807) is 12.1 Å². The summed E-state index contributed by atoms with van der Waals surface area (Å²) in [4.78, 5) is 12.8. The van der Waals surface area contributed by atoms with E-state index in [-0.39, 0.29) is 17.5 Å². The molecule has 1 unspecified atom stereocenters. The number of methoxy groups -OCH3 is 1. The topological polar surface area (TPSA) is 90.9 Å². The standard InChI is InChI=1S/C13H19N3O4/c1-19-13-3-2-10(6-12(13)16(17)18)8-15-4-5-20-11(7-14)9-15/h2-3,6,11H,4-5,7-9,14H2,1H3. The molecule has 0 aliphatic carbocycles. The van der Waals surface area contributed by atoms with Gasteiger partial charge in [0, 0.05) is 32.2 Å². The first-order chi connectivity index (χ1) is 9.63. The van der Waals surface area contributed by atoms with Gasteiger partial charge in [0.25, 0.3) is 0 Å². The number of nitro groups is 1. The summed E-state index contributed by atoms with van der Waals surface area (Å²) in [7, 11) is 1.43. The Kier molecular flexibility index (Phi) is 4.89. The Morgan fingerprint density at radius 2 is 2.40 bits per heavy atom. The molecule has 0 amide bonds. The van der Waals surface area contributed by atoms with E-state index in [4.69, 9.17) is 15.2 Å². The average Bonchev–Trinajstić information content (AvgIpc) is 2.47. The summed E-state index contributed by atoms with van der Waals surface area (Å²) in [5, 5.41) is 11.0. The molecule has 7 nitrogen and oxygen atoms in total. The first-order valence-corrected chi connectivity index (χ1v) is 6.49. The third kappa shape index (κ3) is 3.44. The van der Waals surface area contributed by atoms with Crippen LogP contribution < -0.4 is 10.5 Å². The van der Waals surface area contributed by atoms with E-state index < -0.39 is 4.92 Å². The van der Waals surface area contributed by atoms with Crippen molar-refractivity contribution in [2.45, 2.75) is 12.6 Å². The lowest BCUT2D eigenvalue weighted by Gasteiger charge is -2.32. The predicted molar refractivity (Wildman–Crippen MR) is 73.7 cm³/mol. The second kappa shape index (κ2) is 6.65. The van der Waals surface area contributed by atoms with Gasteiger partial charge in [0.15, 0.2) is 5.75 Å². The highest BCUT2D eigenvalue weighted by Crippen LogP contribution is 2.28. The van der Waals surface area contributed by atoms with Gasteiger partial charge in [-0.1, -0.05) is 6.07 Å². The Balaban J connectivity index is 2.09. The monoisotopic (exact) mass is 281 g/mol. The van der Waals surface area contributed by atoms with Crippen LogP contribution in [0.5, 0.6) is 5.75 Å². The van der Waals surface area contributed by atoms with Crippen LogP contribution in [0.2, 0.25) is 0 Å². The van der Waals surface area contributed by atoms with Crippen LogP contribution in [0.25, 0.3) is 0 Å². The SMILES string of the molecule is COc1ccc(CN2CCOC(CN)C2)cc1[N+](=O)[O-]. The van der Waals surface area contributed by atoms with Crippen LogP contribution in [-0.4, -0.2) is 49.3 Å². The van der Waals surface area contributed by atoms with Crippen molar-refractivity contribution >= 4 is 5.69 Å². The van der Waals surface area contributed by atoms with Gasteiger partial charge in [0.1, 0.15) is 0 Å². The Morgan fingerprint density at radius 1 is 1.60 bits per heavy atom. The van der Waals surface area contributed by atoms with Crippen molar-refractivity contribution in [2.24, 2.45) is 5.73 Å². The average molecular weight is 281 g/mol. The normalized spacial score (nSPS) is 19.8. The minimum Gasteiger partial charge on any atom is -0.490 e. The van der Waals surface area contributed by atoms with Crippen molar-refractivity contribution in [2.75, 3.05) is 33.4 Å². The second-order valence-corrected chi connectivity index (χ2v) is 4.73. The lowest BCUT2D eigenvalue weighted by atomic mass is 10.1. The molecule has 1 heterocycles. The fourth-order valence-electron chi connectivity index (χ4n) is 2.30. The maximum absolute atomic E-state index is 11.0. The minimum absolute atomic E-state index is 0.00589. The third-order valence-electron chi connectivity index (χ3n) is 3.33. The van der Waals surface area contributed by atoms with Crippen molar-refractivity contribution in [3.05, 3.63) is 33.9 Å². The third-order valence-corrected chi connectivity index (χ3v) is 3.33. The minimum atomic E-state index is -0.426. The van der Waals surface area contributed by atoms with Gasteiger partial charge < -0.3 is 15.2 Å². The molecule has 7 heteroatoms. The molecule has 0 saturated carbocycles. The largest absolute Gasteiger partial charge is 0.490 e. The van der Waals surface area contributed by atoms with Crippen molar-refractivity contribution in [1.29, 1.82) is 0 Å². The van der Waals surface area contributed by atoms with Crippen LogP contribution in [0.1, 0.15) is 5.56 Å². The molecular formula is C13H19N3O4. The zero-order valence-electron chi connectivity index (χ0n) is 11.4. The quantitative estimate of drug-likeness (QED) is 0.633. The van der Waals surface area contributed by atoms with E-state index in [9.17, 15) is 10.1 Å². The molecule has 1 aliphatic heterocycles. The van der Waals surface area contributed by atoms with Gasteiger partial charge in [-0.15, -0.1) is 0 Å². The number of ether oxygens (including phenoxy) is 2. The second-order valence-electron chi connectivity index (χ2n) is 4.73. The number of benzene rings is 1. The maximum atomic E-state index is 11.0. The Hall–Kier alpha value is -1.70. The summed E-state index contributed by atoms with van der Waals surface area (Å²) in [6, 6.07) is 5.04. The summed E-state index contributed by atoms with van der Waals surface area (Å²) >= 11 is 0. The predicted octanol–water partition coefficient (Wildman–Crippen LogP) is 0.763. The van der Waals surface area contributed by atoms with Crippen molar-refractivity contribution in [1.82, 2.24) is 4.90 Å². The number of nitrogens with zero attached hydrogens (tertiary/aromatic N) is 2. The van der Waals surface area contributed by atoms with Gasteiger partial charge in [-0.3, -0.25) is 15.0 Å². The molecule has 1 atom stereocenters. The molecule has 0 bridgehead atoms. The van der Waals surface area contributed by atoms with E-state index >= 15 is 0 Å². The molecule has 0 spiro atoms. The fourth-order valence-corrected chi connectivity index (χ4v) is 2.30. The number of nitro benzene ring substituents is 1. The van der Waals surface area contributed by atoms with Gasteiger partial charge in [-0.05, 0) is 11.6 Å². The summed E-state index contributed by atoms with van der Waals surface area (Å²) < 4.78 is 10.5. The highest BCUT2D eigenvalue weighted by Gasteiger charge is 2.21. The Bertz CT molecular complexity index is 481. The summed E-state index contributed by atoms with van der Waals surface area (Å²) in [6.45, 7) is 3.32. The first kappa shape index (κ1) is 14.7. The number of rotatable bonds is 5. The highest BCUT2D eigenvalue weighted by molar-refractivity contribution is 5.48. The zero-order chi connectivity index (χ0) is 14.5. The molecule has 1 aliphatic rings. The van der Waals surface area contributed by atoms with E-state index in [0.717, 1.165) is 18.7 Å². The van der Waals surface area contributed by atoms with E-state index in [1.165, 1.54) is 7.11 Å². The van der Waals surface area contributed by atoms with Crippen molar-refractivity contribution in [3.8, 4) is 5.75 Å². The van der Waals surface area contributed by atoms with Crippen LogP contribution in [0.3, 0.4) is 0 Å². The molecule has 2 N–H and O–H groups in total. The van der Waals surface area contributed by atoms with Crippen LogP contribution in [0, 0.1) is 10.1 Å². The van der Waals surface area contributed by atoms with Gasteiger partial charge in [0.2, 0.25) is 0 Å². The molecule has 1 saturated heterocycles. The van der Waals surface area contributed by atoms with Crippen LogP contribution in [-0.2, 0) is 11.3 Å². The van der Waals surface area contributed by atoms with Gasteiger partial charge in [-0.2, -0.15) is 0 Å². The first-order valence-electron chi connectivity index (χ1n) is 6.49. The summed E-state index contributed by atoms with van der Waals surface area (Å²) in [5.41, 5.74) is 6.48. The van der Waals surface area contributed by atoms with E-state index in [0.29, 0.717) is 19.7 Å². The van der Waals surface area contributed by atoms with Gasteiger partial charge in [0.05, 0.1) is 24.7 Å². The lowest BCUT2D eigenvalue weighted by Crippen LogP contribution is -2.45. The molecule has 1 aromatic rings. The molecular weight excluding hydrogens is 262 g/mol.